The van der Waals surface area contributed by atoms with Crippen LogP contribution in [0.5, 0.6) is 0 Å². The van der Waals surface area contributed by atoms with Crippen LogP contribution in [0.15, 0.2) is 11.1 Å². The topological polar surface area (TPSA) is 26.3 Å². The predicted molar refractivity (Wildman–Crippen MR) is 38.6 cm³/mol. The second kappa shape index (κ2) is 2.86. The largest absolute Gasteiger partial charge is 0.466 e. The van der Waals surface area contributed by atoms with Crippen LogP contribution in [0.4, 0.5) is 0 Å². The molecule has 0 spiro atoms. The fourth-order valence-electron chi connectivity index (χ4n) is 0.896. The van der Waals surface area contributed by atoms with Crippen molar-refractivity contribution in [1.82, 2.24) is 0 Å². The third-order valence-electron chi connectivity index (χ3n) is 1.67. The normalized spacial score (nSPS) is 15.4. The predicted octanol–water partition coefficient (Wildman–Crippen LogP) is 1.66. The number of hydrogen-bond donors (Lipinski definition) is 0. The van der Waals surface area contributed by atoms with Gasteiger partial charge in [-0.3, -0.25) is 4.79 Å². The Morgan fingerprint density at radius 1 is 1.70 bits per heavy atom. The van der Waals surface area contributed by atoms with Crippen LogP contribution in [0.1, 0.15) is 26.7 Å². The van der Waals surface area contributed by atoms with Gasteiger partial charge in [-0.05, 0) is 13.3 Å². The van der Waals surface area contributed by atoms with Gasteiger partial charge in [0.05, 0.1) is 6.61 Å². The van der Waals surface area contributed by atoms with E-state index in [1.807, 2.05) is 0 Å². The van der Waals surface area contributed by atoms with Crippen molar-refractivity contribution in [3.8, 4) is 0 Å². The summed E-state index contributed by atoms with van der Waals surface area (Å²) < 4.78 is 4.77. The molecule has 0 radical (unpaired) electrons. The summed E-state index contributed by atoms with van der Waals surface area (Å²) in [7, 11) is 0. The van der Waals surface area contributed by atoms with Gasteiger partial charge < -0.3 is 4.74 Å². The lowest BCUT2D eigenvalue weighted by atomic mass is 10.4. The SMILES string of the molecule is CC(=O)OCCC1=C(C)C1. The first-order chi connectivity index (χ1) is 4.70. The van der Waals surface area contributed by atoms with E-state index in [9.17, 15) is 4.79 Å². The molecule has 0 fully saturated rings. The lowest BCUT2D eigenvalue weighted by Gasteiger charge is -1.96. The van der Waals surface area contributed by atoms with E-state index >= 15 is 0 Å². The van der Waals surface area contributed by atoms with Crippen molar-refractivity contribution in [2.75, 3.05) is 6.61 Å². The summed E-state index contributed by atoms with van der Waals surface area (Å²) in [4.78, 5) is 10.3. The molecule has 0 unspecified atom stereocenters. The van der Waals surface area contributed by atoms with Gasteiger partial charge in [-0.2, -0.15) is 0 Å². The molecule has 1 aliphatic rings. The van der Waals surface area contributed by atoms with Crippen LogP contribution in [0, 0.1) is 0 Å². The highest BCUT2D eigenvalue weighted by Crippen LogP contribution is 2.32. The number of esters is 1. The van der Waals surface area contributed by atoms with E-state index in [4.69, 9.17) is 4.74 Å². The minimum absolute atomic E-state index is 0.182. The van der Waals surface area contributed by atoms with E-state index in [-0.39, 0.29) is 5.97 Å². The summed E-state index contributed by atoms with van der Waals surface area (Å²) in [6.07, 6.45) is 2.09. The fraction of sp³-hybridized carbons (Fsp3) is 0.625. The third-order valence-corrected chi connectivity index (χ3v) is 1.67. The van der Waals surface area contributed by atoms with E-state index in [2.05, 4.69) is 6.92 Å². The van der Waals surface area contributed by atoms with Crippen molar-refractivity contribution < 1.29 is 9.53 Å². The van der Waals surface area contributed by atoms with Gasteiger partial charge in [-0.15, -0.1) is 0 Å². The Balaban J connectivity index is 2.02. The van der Waals surface area contributed by atoms with Crippen molar-refractivity contribution in [2.24, 2.45) is 0 Å². The molecule has 1 rings (SSSR count). The molecular formula is C8H12O2. The average molecular weight is 140 g/mol. The van der Waals surface area contributed by atoms with E-state index in [0.717, 1.165) is 12.8 Å². The number of hydrogen-bond acceptors (Lipinski definition) is 2. The lowest BCUT2D eigenvalue weighted by Crippen LogP contribution is -1.99. The molecule has 0 heterocycles. The summed E-state index contributed by atoms with van der Waals surface area (Å²) in [6, 6.07) is 0. The zero-order valence-corrected chi connectivity index (χ0v) is 6.44. The highest BCUT2D eigenvalue weighted by Gasteiger charge is 2.15. The second-order valence-electron chi connectivity index (χ2n) is 2.65. The molecule has 10 heavy (non-hydrogen) atoms. The smallest absolute Gasteiger partial charge is 0.302 e. The Kier molecular flexibility index (Phi) is 2.10. The van der Waals surface area contributed by atoms with Gasteiger partial charge in [-0.1, -0.05) is 11.1 Å². The maximum absolute atomic E-state index is 10.3. The number of rotatable bonds is 3. The molecule has 2 heteroatoms. The Bertz CT molecular complexity index is 180. The monoisotopic (exact) mass is 140 g/mol. The molecule has 0 saturated heterocycles. The lowest BCUT2D eigenvalue weighted by molar-refractivity contribution is -0.140. The highest BCUT2D eigenvalue weighted by atomic mass is 16.5. The quantitative estimate of drug-likeness (QED) is 0.440. The number of carbonyl (C=O) groups is 1. The van der Waals surface area contributed by atoms with Crippen LogP contribution in [0.3, 0.4) is 0 Å². The first-order valence-corrected chi connectivity index (χ1v) is 3.51. The molecule has 0 N–H and O–H groups in total. The van der Waals surface area contributed by atoms with Crippen molar-refractivity contribution >= 4 is 5.97 Å². The Hall–Kier alpha value is -0.790. The molecule has 0 aliphatic heterocycles. The van der Waals surface area contributed by atoms with Crippen LogP contribution in [-0.4, -0.2) is 12.6 Å². The van der Waals surface area contributed by atoms with E-state index in [1.54, 1.807) is 0 Å². The first-order valence-electron chi connectivity index (χ1n) is 3.51. The molecule has 0 aromatic carbocycles. The van der Waals surface area contributed by atoms with Crippen molar-refractivity contribution in [1.29, 1.82) is 0 Å². The van der Waals surface area contributed by atoms with Crippen molar-refractivity contribution in [2.45, 2.75) is 26.7 Å². The number of carbonyl (C=O) groups excluding carboxylic acids is 1. The Morgan fingerprint density at radius 2 is 2.30 bits per heavy atom. The molecule has 56 valence electrons. The zero-order chi connectivity index (χ0) is 7.56. The molecular weight excluding hydrogens is 128 g/mol. The van der Waals surface area contributed by atoms with Crippen molar-refractivity contribution in [3.63, 3.8) is 0 Å². The Labute approximate surface area is 60.9 Å². The maximum atomic E-state index is 10.3. The first kappa shape index (κ1) is 7.32. The van der Waals surface area contributed by atoms with Gasteiger partial charge in [0, 0.05) is 13.3 Å². The molecule has 0 aromatic heterocycles. The van der Waals surface area contributed by atoms with Crippen LogP contribution >= 0.6 is 0 Å². The fourth-order valence-corrected chi connectivity index (χ4v) is 0.896. The summed E-state index contributed by atoms with van der Waals surface area (Å²) in [5.41, 5.74) is 2.92. The van der Waals surface area contributed by atoms with Gasteiger partial charge in [0.15, 0.2) is 0 Å². The van der Waals surface area contributed by atoms with Gasteiger partial charge in [0.25, 0.3) is 0 Å². The standard InChI is InChI=1S/C8H12O2/c1-6-5-8(6)3-4-10-7(2)9/h3-5H2,1-2H3. The molecule has 0 amide bonds. The van der Waals surface area contributed by atoms with Gasteiger partial charge in [0.1, 0.15) is 0 Å². The van der Waals surface area contributed by atoms with Gasteiger partial charge >= 0.3 is 5.97 Å². The molecule has 0 bridgehead atoms. The van der Waals surface area contributed by atoms with E-state index < -0.39 is 0 Å². The Morgan fingerprint density at radius 3 is 2.70 bits per heavy atom. The van der Waals surface area contributed by atoms with Crippen LogP contribution in [0.2, 0.25) is 0 Å². The number of allylic oxidation sites excluding steroid dienone is 1. The van der Waals surface area contributed by atoms with Crippen LogP contribution in [-0.2, 0) is 9.53 Å². The van der Waals surface area contributed by atoms with Crippen molar-refractivity contribution in [3.05, 3.63) is 11.1 Å². The zero-order valence-electron chi connectivity index (χ0n) is 6.44. The van der Waals surface area contributed by atoms with E-state index in [0.29, 0.717) is 6.61 Å². The van der Waals surface area contributed by atoms with Gasteiger partial charge in [0.2, 0.25) is 0 Å². The summed E-state index contributed by atoms with van der Waals surface area (Å²) in [5, 5.41) is 0. The minimum Gasteiger partial charge on any atom is -0.466 e. The second-order valence-corrected chi connectivity index (χ2v) is 2.65. The molecule has 0 atom stereocenters. The highest BCUT2D eigenvalue weighted by molar-refractivity contribution is 5.65. The maximum Gasteiger partial charge on any atom is 0.302 e. The molecule has 0 aromatic rings. The summed E-state index contributed by atoms with van der Waals surface area (Å²) in [6.45, 7) is 4.11. The summed E-state index contributed by atoms with van der Waals surface area (Å²) >= 11 is 0. The van der Waals surface area contributed by atoms with Crippen LogP contribution < -0.4 is 0 Å². The minimum atomic E-state index is -0.182. The summed E-state index contributed by atoms with van der Waals surface area (Å²) in [5.74, 6) is -0.182. The molecule has 1 aliphatic carbocycles. The van der Waals surface area contributed by atoms with E-state index in [1.165, 1.54) is 18.1 Å². The molecule has 2 nitrogen and oxygen atoms in total. The third kappa shape index (κ3) is 2.21. The molecule has 0 saturated carbocycles. The van der Waals surface area contributed by atoms with Crippen LogP contribution in [0.25, 0.3) is 0 Å². The average Bonchev–Trinajstić information content (AvgIpc) is 2.46. The number of ether oxygens (including phenoxy) is 1. The van der Waals surface area contributed by atoms with Gasteiger partial charge in [-0.25, -0.2) is 0 Å².